The average molecular weight is 298 g/mol. The van der Waals surface area contributed by atoms with Gasteiger partial charge in [0.2, 0.25) is 0 Å². The Bertz CT molecular complexity index is 316. The summed E-state index contributed by atoms with van der Waals surface area (Å²) in [6.45, 7) is 11.4. The third-order valence-corrected chi connectivity index (χ3v) is 4.42. The SMILES string of the molecule is CCCNC(C)(CCCN(CCC(C)C)C1CC1)C(=O)O. The summed E-state index contributed by atoms with van der Waals surface area (Å²) in [5.74, 6) is 0.0119. The smallest absolute Gasteiger partial charge is 0.323 e. The number of nitrogens with zero attached hydrogens (tertiary/aromatic N) is 1. The van der Waals surface area contributed by atoms with E-state index in [2.05, 4.69) is 31.0 Å². The van der Waals surface area contributed by atoms with Crippen molar-refractivity contribution in [3.05, 3.63) is 0 Å². The molecule has 0 aromatic heterocycles. The van der Waals surface area contributed by atoms with Crippen LogP contribution in [-0.4, -0.2) is 47.2 Å². The molecule has 1 aliphatic rings. The van der Waals surface area contributed by atoms with Crippen molar-refractivity contribution in [3.63, 3.8) is 0 Å². The van der Waals surface area contributed by atoms with E-state index in [0.717, 1.165) is 44.4 Å². The summed E-state index contributed by atoms with van der Waals surface area (Å²) < 4.78 is 0. The molecule has 1 saturated carbocycles. The van der Waals surface area contributed by atoms with Crippen LogP contribution >= 0.6 is 0 Å². The second-order valence-electron chi connectivity index (χ2n) is 7.12. The fourth-order valence-corrected chi connectivity index (χ4v) is 2.65. The molecule has 4 nitrogen and oxygen atoms in total. The molecule has 21 heavy (non-hydrogen) atoms. The number of carboxylic acid groups (broad SMARTS) is 1. The standard InChI is InChI=1S/C17H34N2O2/c1-5-11-18-17(4,16(20)21)10-6-12-19(15-7-8-15)13-9-14(2)3/h14-15,18H,5-13H2,1-4H3,(H,20,21). The average Bonchev–Trinajstić information content (AvgIpc) is 3.24. The Labute approximate surface area is 130 Å². The first-order valence-corrected chi connectivity index (χ1v) is 8.61. The van der Waals surface area contributed by atoms with Crippen LogP contribution in [0, 0.1) is 5.92 Å². The highest BCUT2D eigenvalue weighted by Crippen LogP contribution is 2.28. The van der Waals surface area contributed by atoms with E-state index < -0.39 is 11.5 Å². The molecule has 0 radical (unpaired) electrons. The van der Waals surface area contributed by atoms with Crippen molar-refractivity contribution >= 4 is 5.97 Å². The van der Waals surface area contributed by atoms with E-state index in [1.807, 2.05) is 6.92 Å². The van der Waals surface area contributed by atoms with Gasteiger partial charge in [-0.15, -0.1) is 0 Å². The van der Waals surface area contributed by atoms with Crippen LogP contribution in [0.5, 0.6) is 0 Å². The van der Waals surface area contributed by atoms with Gasteiger partial charge in [-0.3, -0.25) is 4.79 Å². The van der Waals surface area contributed by atoms with Gasteiger partial charge in [0.1, 0.15) is 5.54 Å². The van der Waals surface area contributed by atoms with Crippen LogP contribution in [0.2, 0.25) is 0 Å². The Balaban J connectivity index is 2.38. The van der Waals surface area contributed by atoms with Crippen LogP contribution in [0.1, 0.15) is 66.2 Å². The minimum absolute atomic E-state index is 0.702. The zero-order valence-corrected chi connectivity index (χ0v) is 14.3. The summed E-state index contributed by atoms with van der Waals surface area (Å²) in [6.07, 6.45) is 6.50. The number of nitrogens with one attached hydrogen (secondary N) is 1. The number of aliphatic carboxylic acids is 1. The van der Waals surface area contributed by atoms with E-state index in [1.54, 1.807) is 0 Å². The van der Waals surface area contributed by atoms with E-state index in [9.17, 15) is 9.90 Å². The number of rotatable bonds is 12. The molecule has 0 spiro atoms. The van der Waals surface area contributed by atoms with E-state index in [1.165, 1.54) is 19.3 Å². The molecule has 4 heteroatoms. The lowest BCUT2D eigenvalue weighted by Crippen LogP contribution is -2.50. The first-order valence-electron chi connectivity index (χ1n) is 8.61. The van der Waals surface area contributed by atoms with Gasteiger partial charge < -0.3 is 15.3 Å². The van der Waals surface area contributed by atoms with Gasteiger partial charge in [-0.2, -0.15) is 0 Å². The topological polar surface area (TPSA) is 52.6 Å². The van der Waals surface area contributed by atoms with Crippen molar-refractivity contribution in [1.82, 2.24) is 10.2 Å². The highest BCUT2D eigenvalue weighted by molar-refractivity contribution is 5.78. The molecule has 1 rings (SSSR count). The van der Waals surface area contributed by atoms with Gasteiger partial charge in [0.05, 0.1) is 0 Å². The molecular weight excluding hydrogens is 264 g/mol. The molecule has 0 aromatic carbocycles. The van der Waals surface area contributed by atoms with Crippen LogP contribution in [-0.2, 0) is 4.79 Å². The molecule has 1 unspecified atom stereocenters. The summed E-state index contributed by atoms with van der Waals surface area (Å²) in [4.78, 5) is 14.1. The Morgan fingerprint density at radius 1 is 1.38 bits per heavy atom. The molecule has 1 atom stereocenters. The van der Waals surface area contributed by atoms with Gasteiger partial charge in [0, 0.05) is 6.04 Å². The molecule has 0 bridgehead atoms. The molecule has 0 amide bonds. The van der Waals surface area contributed by atoms with Gasteiger partial charge in [-0.1, -0.05) is 20.8 Å². The maximum Gasteiger partial charge on any atom is 0.323 e. The van der Waals surface area contributed by atoms with E-state index in [4.69, 9.17) is 0 Å². The second kappa shape index (κ2) is 8.74. The summed E-state index contributed by atoms with van der Waals surface area (Å²) >= 11 is 0. The number of hydrogen-bond acceptors (Lipinski definition) is 3. The van der Waals surface area contributed by atoms with Gasteiger partial charge in [0.25, 0.3) is 0 Å². The third-order valence-electron chi connectivity index (χ3n) is 4.42. The molecular formula is C17H34N2O2. The van der Waals surface area contributed by atoms with Crippen molar-refractivity contribution in [1.29, 1.82) is 0 Å². The molecule has 1 aliphatic carbocycles. The molecule has 0 aliphatic heterocycles. The van der Waals surface area contributed by atoms with Crippen LogP contribution < -0.4 is 5.32 Å². The molecule has 0 saturated heterocycles. The predicted molar refractivity (Wildman–Crippen MR) is 87.6 cm³/mol. The monoisotopic (exact) mass is 298 g/mol. The third kappa shape index (κ3) is 6.79. The van der Waals surface area contributed by atoms with Crippen molar-refractivity contribution in [3.8, 4) is 0 Å². The van der Waals surface area contributed by atoms with Gasteiger partial charge in [0.15, 0.2) is 0 Å². The minimum Gasteiger partial charge on any atom is -0.480 e. The molecule has 124 valence electrons. The Morgan fingerprint density at radius 2 is 2.05 bits per heavy atom. The summed E-state index contributed by atoms with van der Waals surface area (Å²) in [5, 5.41) is 12.6. The van der Waals surface area contributed by atoms with E-state index in [-0.39, 0.29) is 0 Å². The highest BCUT2D eigenvalue weighted by atomic mass is 16.4. The van der Waals surface area contributed by atoms with Crippen LogP contribution in [0.25, 0.3) is 0 Å². The summed E-state index contributed by atoms with van der Waals surface area (Å²) in [5.41, 5.74) is -0.775. The fourth-order valence-electron chi connectivity index (χ4n) is 2.65. The second-order valence-corrected chi connectivity index (χ2v) is 7.12. The minimum atomic E-state index is -0.775. The van der Waals surface area contributed by atoms with E-state index in [0.29, 0.717) is 6.42 Å². The lowest BCUT2D eigenvalue weighted by molar-refractivity contribution is -0.144. The molecule has 1 fully saturated rings. The van der Waals surface area contributed by atoms with Crippen LogP contribution in [0.15, 0.2) is 0 Å². The van der Waals surface area contributed by atoms with Crippen LogP contribution in [0.3, 0.4) is 0 Å². The Kier molecular flexibility index (Phi) is 7.67. The van der Waals surface area contributed by atoms with Crippen molar-refractivity contribution in [2.45, 2.75) is 77.8 Å². The maximum atomic E-state index is 11.5. The zero-order valence-electron chi connectivity index (χ0n) is 14.3. The van der Waals surface area contributed by atoms with Crippen molar-refractivity contribution in [2.24, 2.45) is 5.92 Å². The predicted octanol–water partition coefficient (Wildman–Crippen LogP) is 3.12. The van der Waals surface area contributed by atoms with Gasteiger partial charge >= 0.3 is 5.97 Å². The van der Waals surface area contributed by atoms with E-state index >= 15 is 0 Å². The van der Waals surface area contributed by atoms with Gasteiger partial charge in [-0.05, 0) is 71.0 Å². The Hall–Kier alpha value is -0.610. The zero-order chi connectivity index (χ0) is 15.9. The maximum absolute atomic E-state index is 11.5. The van der Waals surface area contributed by atoms with Crippen molar-refractivity contribution in [2.75, 3.05) is 19.6 Å². The van der Waals surface area contributed by atoms with Crippen molar-refractivity contribution < 1.29 is 9.90 Å². The summed E-state index contributed by atoms with van der Waals surface area (Å²) in [6, 6.07) is 0.767. The fraction of sp³-hybridized carbons (Fsp3) is 0.941. The largest absolute Gasteiger partial charge is 0.480 e. The highest BCUT2D eigenvalue weighted by Gasteiger charge is 2.33. The quantitative estimate of drug-likeness (QED) is 0.581. The van der Waals surface area contributed by atoms with Gasteiger partial charge in [-0.25, -0.2) is 0 Å². The number of carboxylic acids is 1. The number of carbonyl (C=O) groups is 1. The summed E-state index contributed by atoms with van der Waals surface area (Å²) in [7, 11) is 0. The van der Waals surface area contributed by atoms with Crippen LogP contribution in [0.4, 0.5) is 0 Å². The first-order chi connectivity index (χ1) is 9.89. The first kappa shape index (κ1) is 18.4. The molecule has 0 heterocycles. The lowest BCUT2D eigenvalue weighted by atomic mass is 9.95. The molecule has 2 N–H and O–H groups in total. The number of hydrogen-bond donors (Lipinski definition) is 2. The molecule has 0 aromatic rings. The lowest BCUT2D eigenvalue weighted by Gasteiger charge is -2.28. The normalized spacial score (nSPS) is 18.2. The Morgan fingerprint density at radius 3 is 2.52 bits per heavy atom.